The molecule has 0 atom stereocenters. The Bertz CT molecular complexity index is 647. The molecular formula is C17H24N4O3. The number of hydrogen-bond donors (Lipinski definition) is 1. The van der Waals surface area contributed by atoms with Crippen LogP contribution in [0.15, 0.2) is 12.1 Å². The van der Waals surface area contributed by atoms with Gasteiger partial charge in [-0.25, -0.2) is 4.79 Å². The lowest BCUT2D eigenvalue weighted by molar-refractivity contribution is -0.134. The van der Waals surface area contributed by atoms with E-state index in [9.17, 15) is 9.59 Å². The van der Waals surface area contributed by atoms with E-state index in [0.717, 1.165) is 0 Å². The van der Waals surface area contributed by atoms with E-state index < -0.39 is 5.97 Å². The van der Waals surface area contributed by atoms with Crippen molar-refractivity contribution in [2.24, 2.45) is 16.7 Å². The molecule has 1 amide bonds. The minimum absolute atomic E-state index is 0.0549. The maximum absolute atomic E-state index is 12.8. The van der Waals surface area contributed by atoms with Crippen molar-refractivity contribution in [3.05, 3.63) is 17.8 Å². The van der Waals surface area contributed by atoms with Gasteiger partial charge in [-0.2, -0.15) is 0 Å². The third-order valence-corrected chi connectivity index (χ3v) is 6.05. The first kappa shape index (κ1) is 16.7. The van der Waals surface area contributed by atoms with Crippen molar-refractivity contribution in [1.82, 2.24) is 15.1 Å². The maximum Gasteiger partial charge on any atom is 0.356 e. The molecule has 1 aliphatic heterocycles. The molecule has 2 fully saturated rings. The summed E-state index contributed by atoms with van der Waals surface area (Å²) in [6, 6.07) is 3.12. The highest BCUT2D eigenvalue weighted by atomic mass is 16.4. The summed E-state index contributed by atoms with van der Waals surface area (Å²) in [5, 5.41) is 16.6. The van der Waals surface area contributed by atoms with Crippen LogP contribution in [0.2, 0.25) is 0 Å². The standard InChI is InChI=1S/C17H24N4O3/c1-16(2)13(17(16,3)4)14(22)21-9-7-20(8-10-21)12-6-5-11(15(23)24)18-19-12/h5-6,13H,7-10H2,1-4H3,(H,23,24). The highest BCUT2D eigenvalue weighted by Crippen LogP contribution is 2.68. The Kier molecular flexibility index (Phi) is 3.77. The Labute approximate surface area is 141 Å². The van der Waals surface area contributed by atoms with Gasteiger partial charge in [0.05, 0.1) is 0 Å². The van der Waals surface area contributed by atoms with Crippen molar-refractivity contribution in [2.75, 3.05) is 31.1 Å². The quantitative estimate of drug-likeness (QED) is 0.903. The van der Waals surface area contributed by atoms with Gasteiger partial charge < -0.3 is 14.9 Å². The van der Waals surface area contributed by atoms with E-state index >= 15 is 0 Å². The van der Waals surface area contributed by atoms with E-state index in [-0.39, 0.29) is 28.3 Å². The highest BCUT2D eigenvalue weighted by Gasteiger charge is 2.68. The van der Waals surface area contributed by atoms with Crippen molar-refractivity contribution in [3.8, 4) is 0 Å². The molecule has 1 N–H and O–H groups in total. The smallest absolute Gasteiger partial charge is 0.356 e. The summed E-state index contributed by atoms with van der Waals surface area (Å²) < 4.78 is 0. The third-order valence-electron chi connectivity index (χ3n) is 6.05. The average Bonchev–Trinajstić information content (AvgIpc) is 2.96. The fraction of sp³-hybridized carbons (Fsp3) is 0.647. The molecular weight excluding hydrogens is 308 g/mol. The van der Waals surface area contributed by atoms with Gasteiger partial charge >= 0.3 is 5.97 Å². The van der Waals surface area contributed by atoms with Gasteiger partial charge in [-0.1, -0.05) is 27.7 Å². The number of aromatic carboxylic acids is 1. The molecule has 3 rings (SSSR count). The van der Waals surface area contributed by atoms with Crippen LogP contribution < -0.4 is 4.90 Å². The second kappa shape index (κ2) is 5.43. The first-order valence-electron chi connectivity index (χ1n) is 8.27. The molecule has 1 saturated heterocycles. The molecule has 1 saturated carbocycles. The summed E-state index contributed by atoms with van der Waals surface area (Å²) in [6.45, 7) is 11.3. The Morgan fingerprint density at radius 2 is 1.62 bits per heavy atom. The zero-order valence-electron chi connectivity index (χ0n) is 14.6. The monoisotopic (exact) mass is 332 g/mol. The summed E-state index contributed by atoms with van der Waals surface area (Å²) in [7, 11) is 0. The molecule has 2 aliphatic rings. The average molecular weight is 332 g/mol. The normalized spacial score (nSPS) is 22.3. The predicted molar refractivity (Wildman–Crippen MR) is 88.8 cm³/mol. The Hall–Kier alpha value is -2.18. The van der Waals surface area contributed by atoms with Crippen molar-refractivity contribution < 1.29 is 14.7 Å². The SMILES string of the molecule is CC1(C)C(C(=O)N2CCN(c3ccc(C(=O)O)nn3)CC2)C1(C)C. The van der Waals surface area contributed by atoms with Crippen LogP contribution in [0.1, 0.15) is 38.2 Å². The first-order valence-corrected chi connectivity index (χ1v) is 8.27. The van der Waals surface area contributed by atoms with Crippen LogP contribution >= 0.6 is 0 Å². The Balaban J connectivity index is 1.60. The van der Waals surface area contributed by atoms with Gasteiger partial charge in [-0.15, -0.1) is 10.2 Å². The Morgan fingerprint density at radius 1 is 1.04 bits per heavy atom. The predicted octanol–water partition coefficient (Wildman–Crippen LogP) is 1.51. The topological polar surface area (TPSA) is 86.6 Å². The molecule has 2 heterocycles. The number of nitrogens with zero attached hydrogens (tertiary/aromatic N) is 4. The van der Waals surface area contributed by atoms with E-state index in [0.29, 0.717) is 32.0 Å². The largest absolute Gasteiger partial charge is 0.476 e. The number of piperazine rings is 1. The van der Waals surface area contributed by atoms with Gasteiger partial charge in [0.15, 0.2) is 11.5 Å². The number of carbonyl (C=O) groups excluding carboxylic acids is 1. The van der Waals surface area contributed by atoms with Gasteiger partial charge in [0, 0.05) is 32.1 Å². The van der Waals surface area contributed by atoms with Gasteiger partial charge in [0.1, 0.15) is 0 Å². The van der Waals surface area contributed by atoms with Gasteiger partial charge in [0.25, 0.3) is 0 Å². The van der Waals surface area contributed by atoms with Crippen LogP contribution in [0.5, 0.6) is 0 Å². The number of aromatic nitrogens is 2. The van der Waals surface area contributed by atoms with Crippen LogP contribution in [0.25, 0.3) is 0 Å². The molecule has 130 valence electrons. The maximum atomic E-state index is 12.8. The highest BCUT2D eigenvalue weighted by molar-refractivity contribution is 5.85. The van der Waals surface area contributed by atoms with Crippen LogP contribution in [-0.2, 0) is 4.79 Å². The van der Waals surface area contributed by atoms with E-state index in [1.807, 2.05) is 9.80 Å². The fourth-order valence-corrected chi connectivity index (χ4v) is 3.76. The summed E-state index contributed by atoms with van der Waals surface area (Å²) in [5.41, 5.74) is 0.0457. The second-order valence-corrected chi connectivity index (χ2v) is 7.77. The number of hydrogen-bond acceptors (Lipinski definition) is 5. The van der Waals surface area contributed by atoms with Gasteiger partial charge in [-0.05, 0) is 23.0 Å². The minimum atomic E-state index is -1.08. The molecule has 0 bridgehead atoms. The molecule has 0 aromatic carbocycles. The number of carboxylic acids is 1. The van der Waals surface area contributed by atoms with Crippen molar-refractivity contribution >= 4 is 17.7 Å². The summed E-state index contributed by atoms with van der Waals surface area (Å²) in [5.74, 6) is -0.0959. The van der Waals surface area contributed by atoms with Crippen molar-refractivity contribution in [3.63, 3.8) is 0 Å². The summed E-state index contributed by atoms with van der Waals surface area (Å²) in [4.78, 5) is 27.6. The van der Waals surface area contributed by atoms with Crippen LogP contribution in [0.4, 0.5) is 5.82 Å². The second-order valence-electron chi connectivity index (χ2n) is 7.77. The molecule has 0 radical (unpaired) electrons. The lowest BCUT2D eigenvalue weighted by atomic mass is 10.0. The number of carbonyl (C=O) groups is 2. The molecule has 1 aliphatic carbocycles. The zero-order chi connectivity index (χ0) is 17.7. The van der Waals surface area contributed by atoms with E-state index in [1.165, 1.54) is 6.07 Å². The van der Waals surface area contributed by atoms with Crippen LogP contribution in [0.3, 0.4) is 0 Å². The third kappa shape index (κ3) is 2.52. The fourth-order valence-electron chi connectivity index (χ4n) is 3.76. The number of carboxylic acid groups (broad SMARTS) is 1. The van der Waals surface area contributed by atoms with Crippen LogP contribution in [0, 0.1) is 16.7 Å². The van der Waals surface area contributed by atoms with Crippen LogP contribution in [-0.4, -0.2) is 58.3 Å². The van der Waals surface area contributed by atoms with E-state index in [2.05, 4.69) is 37.9 Å². The van der Waals surface area contributed by atoms with Crippen molar-refractivity contribution in [1.29, 1.82) is 0 Å². The number of anilines is 1. The minimum Gasteiger partial charge on any atom is -0.476 e. The van der Waals surface area contributed by atoms with Crippen molar-refractivity contribution in [2.45, 2.75) is 27.7 Å². The Morgan fingerprint density at radius 3 is 2.04 bits per heavy atom. The molecule has 0 unspecified atom stereocenters. The number of rotatable bonds is 3. The molecule has 1 aromatic rings. The first-order chi connectivity index (χ1) is 11.2. The van der Waals surface area contributed by atoms with E-state index in [4.69, 9.17) is 5.11 Å². The summed E-state index contributed by atoms with van der Waals surface area (Å²) in [6.07, 6.45) is 0. The number of amides is 1. The lowest BCUT2D eigenvalue weighted by Crippen LogP contribution is -2.50. The zero-order valence-corrected chi connectivity index (χ0v) is 14.6. The molecule has 7 nitrogen and oxygen atoms in total. The van der Waals surface area contributed by atoms with Gasteiger partial charge in [0.2, 0.25) is 5.91 Å². The van der Waals surface area contributed by atoms with E-state index in [1.54, 1.807) is 6.07 Å². The molecule has 7 heteroatoms. The molecule has 1 aromatic heterocycles. The molecule has 24 heavy (non-hydrogen) atoms. The molecule has 0 spiro atoms. The summed E-state index contributed by atoms with van der Waals surface area (Å²) >= 11 is 0. The lowest BCUT2D eigenvalue weighted by Gasteiger charge is -2.35. The van der Waals surface area contributed by atoms with Gasteiger partial charge in [-0.3, -0.25) is 4.79 Å².